The minimum Gasteiger partial charge on any atom is -0.633 e. The third-order valence-corrected chi connectivity index (χ3v) is 3.47. The Balaban J connectivity index is 2.89. The third kappa shape index (κ3) is 2.63. The lowest BCUT2D eigenvalue weighted by Crippen LogP contribution is -3.20. The van der Waals surface area contributed by atoms with Crippen molar-refractivity contribution in [3.8, 4) is 0 Å². The van der Waals surface area contributed by atoms with Gasteiger partial charge in [-0.1, -0.05) is 0 Å². The summed E-state index contributed by atoms with van der Waals surface area (Å²) in [4.78, 5) is 0. The SMILES string of the molecule is CC1(C)C=C(COS(C)(=O)=O)C(C)(C)[NH+]1[O-]. The second kappa shape index (κ2) is 3.80. The van der Waals surface area contributed by atoms with Gasteiger partial charge in [-0.05, 0) is 33.8 Å². The molecule has 6 heteroatoms. The number of hydrogen-bond donors (Lipinski definition) is 1. The van der Waals surface area contributed by atoms with E-state index in [1.165, 1.54) is 0 Å². The number of nitrogens with one attached hydrogen (secondary N) is 1. The van der Waals surface area contributed by atoms with Crippen molar-refractivity contribution in [1.29, 1.82) is 0 Å². The van der Waals surface area contributed by atoms with Gasteiger partial charge in [-0.15, -0.1) is 0 Å². The van der Waals surface area contributed by atoms with Gasteiger partial charge in [-0.25, -0.2) is 0 Å². The minimum atomic E-state index is -3.47. The van der Waals surface area contributed by atoms with Crippen LogP contribution in [-0.2, 0) is 14.3 Å². The van der Waals surface area contributed by atoms with Crippen molar-refractivity contribution in [2.24, 2.45) is 0 Å². The van der Waals surface area contributed by atoms with Crippen LogP contribution in [0.1, 0.15) is 27.7 Å². The summed E-state index contributed by atoms with van der Waals surface area (Å²) in [7, 11) is -3.47. The van der Waals surface area contributed by atoms with Gasteiger partial charge >= 0.3 is 0 Å². The van der Waals surface area contributed by atoms with Crippen molar-refractivity contribution in [2.45, 2.75) is 38.8 Å². The Bertz CT molecular complexity index is 409. The molecule has 0 aliphatic carbocycles. The molecule has 0 aromatic carbocycles. The summed E-state index contributed by atoms with van der Waals surface area (Å²) >= 11 is 0. The second-order valence-electron chi connectivity index (χ2n) is 5.31. The highest BCUT2D eigenvalue weighted by Crippen LogP contribution is 2.24. The standard InChI is InChI=1S/C10H19NO4S/c1-9(2)6-8(7-15-16(5,13)14)10(3,4)11(9)12/h6,11H,7H2,1-5H3. The van der Waals surface area contributed by atoms with Crippen LogP contribution >= 0.6 is 0 Å². The van der Waals surface area contributed by atoms with Crippen LogP contribution in [0.4, 0.5) is 0 Å². The van der Waals surface area contributed by atoms with E-state index < -0.39 is 21.2 Å². The van der Waals surface area contributed by atoms with Gasteiger partial charge in [0.15, 0.2) is 0 Å². The van der Waals surface area contributed by atoms with Crippen molar-refractivity contribution in [2.75, 3.05) is 12.9 Å². The van der Waals surface area contributed by atoms with Crippen LogP contribution in [0.2, 0.25) is 0 Å². The molecule has 5 nitrogen and oxygen atoms in total. The van der Waals surface area contributed by atoms with E-state index in [2.05, 4.69) is 0 Å². The first-order valence-corrected chi connectivity index (χ1v) is 6.90. The fraction of sp³-hybridized carbons (Fsp3) is 0.800. The van der Waals surface area contributed by atoms with E-state index in [1.807, 2.05) is 13.8 Å². The lowest BCUT2D eigenvalue weighted by atomic mass is 9.97. The van der Waals surface area contributed by atoms with Crippen LogP contribution in [0.25, 0.3) is 0 Å². The van der Waals surface area contributed by atoms with E-state index in [1.54, 1.807) is 19.9 Å². The summed E-state index contributed by atoms with van der Waals surface area (Å²) in [5.41, 5.74) is -0.457. The fourth-order valence-electron chi connectivity index (χ4n) is 2.03. The van der Waals surface area contributed by atoms with E-state index in [0.29, 0.717) is 0 Å². The zero-order chi connectivity index (χ0) is 12.8. The summed E-state index contributed by atoms with van der Waals surface area (Å²) in [6.07, 6.45) is 2.81. The Morgan fingerprint density at radius 3 is 2.19 bits per heavy atom. The van der Waals surface area contributed by atoms with Gasteiger partial charge in [0.2, 0.25) is 0 Å². The van der Waals surface area contributed by atoms with Crippen molar-refractivity contribution in [3.63, 3.8) is 0 Å². The summed E-state index contributed by atoms with van der Waals surface area (Å²) in [6.45, 7) is 7.19. The van der Waals surface area contributed by atoms with E-state index >= 15 is 0 Å². The second-order valence-corrected chi connectivity index (χ2v) is 6.96. The third-order valence-electron chi connectivity index (χ3n) is 2.92. The summed E-state index contributed by atoms with van der Waals surface area (Å²) in [5, 5.41) is 12.1. The average Bonchev–Trinajstić information content (AvgIpc) is 2.22. The highest BCUT2D eigenvalue weighted by Gasteiger charge is 2.45. The van der Waals surface area contributed by atoms with Crippen LogP contribution < -0.4 is 5.06 Å². The molecule has 1 aliphatic rings. The van der Waals surface area contributed by atoms with Gasteiger partial charge in [0, 0.05) is 5.57 Å². The molecule has 1 atom stereocenters. The molecule has 94 valence electrons. The van der Waals surface area contributed by atoms with Gasteiger partial charge in [0.25, 0.3) is 10.1 Å². The number of hydroxylamine groups is 2. The molecule has 16 heavy (non-hydrogen) atoms. The molecule has 1 rings (SSSR count). The number of rotatable bonds is 3. The minimum absolute atomic E-state index is 0.0407. The molecular weight excluding hydrogens is 230 g/mol. The van der Waals surface area contributed by atoms with Crippen LogP contribution in [-0.4, -0.2) is 32.4 Å². The molecule has 0 aromatic rings. The first-order chi connectivity index (χ1) is 6.97. The maximum absolute atomic E-state index is 12.0. The first kappa shape index (κ1) is 13.6. The molecule has 0 saturated heterocycles. The van der Waals surface area contributed by atoms with Crippen LogP contribution in [0, 0.1) is 5.21 Å². The lowest BCUT2D eigenvalue weighted by molar-refractivity contribution is -0.927. The molecule has 0 spiro atoms. The Labute approximate surface area is 96.8 Å². The summed E-state index contributed by atoms with van der Waals surface area (Å²) in [6, 6.07) is 0. The van der Waals surface area contributed by atoms with Crippen LogP contribution in [0.3, 0.4) is 0 Å². The van der Waals surface area contributed by atoms with Gasteiger partial charge in [-0.2, -0.15) is 8.42 Å². The zero-order valence-corrected chi connectivity index (χ0v) is 11.1. The predicted octanol–water partition coefficient (Wildman–Crippen LogP) is -0.157. The molecule has 0 saturated carbocycles. The van der Waals surface area contributed by atoms with Gasteiger partial charge in [-0.3, -0.25) is 4.18 Å². The Hall–Kier alpha value is -0.430. The molecule has 0 bridgehead atoms. The van der Waals surface area contributed by atoms with E-state index in [0.717, 1.165) is 11.8 Å². The average molecular weight is 249 g/mol. The Morgan fingerprint density at radius 1 is 1.38 bits per heavy atom. The Morgan fingerprint density at radius 2 is 1.88 bits per heavy atom. The van der Waals surface area contributed by atoms with Crippen molar-refractivity contribution in [1.82, 2.24) is 0 Å². The molecule has 1 N–H and O–H groups in total. The van der Waals surface area contributed by atoms with E-state index in [-0.39, 0.29) is 11.7 Å². The summed E-state index contributed by atoms with van der Waals surface area (Å²) < 4.78 is 26.6. The molecule has 0 radical (unpaired) electrons. The summed E-state index contributed by atoms with van der Waals surface area (Å²) in [5.74, 6) is 0. The predicted molar refractivity (Wildman–Crippen MR) is 61.4 cm³/mol. The molecule has 1 heterocycles. The molecule has 0 aromatic heterocycles. The molecule has 1 unspecified atom stereocenters. The smallest absolute Gasteiger partial charge is 0.264 e. The monoisotopic (exact) mass is 249 g/mol. The maximum Gasteiger partial charge on any atom is 0.264 e. The van der Waals surface area contributed by atoms with Crippen LogP contribution in [0.5, 0.6) is 0 Å². The topological polar surface area (TPSA) is 70.9 Å². The first-order valence-electron chi connectivity index (χ1n) is 5.08. The van der Waals surface area contributed by atoms with Gasteiger partial charge in [0.05, 0.1) is 12.9 Å². The quantitative estimate of drug-likeness (QED) is 0.429. The van der Waals surface area contributed by atoms with Gasteiger partial charge < -0.3 is 10.3 Å². The molecule has 0 amide bonds. The maximum atomic E-state index is 12.0. The van der Waals surface area contributed by atoms with Crippen LogP contribution in [0.15, 0.2) is 11.6 Å². The largest absolute Gasteiger partial charge is 0.633 e. The normalized spacial score (nSPS) is 27.9. The van der Waals surface area contributed by atoms with Crippen molar-refractivity contribution >= 4 is 10.1 Å². The number of quaternary nitrogens is 1. The molecular formula is C10H19NO4S. The van der Waals surface area contributed by atoms with Crippen molar-refractivity contribution < 1.29 is 17.7 Å². The highest BCUT2D eigenvalue weighted by atomic mass is 32.2. The zero-order valence-electron chi connectivity index (χ0n) is 10.3. The fourth-order valence-corrected chi connectivity index (χ4v) is 2.37. The van der Waals surface area contributed by atoms with Gasteiger partial charge in [0.1, 0.15) is 11.1 Å². The highest BCUT2D eigenvalue weighted by molar-refractivity contribution is 7.85. The molecule has 1 aliphatic heterocycles. The number of hydrogen-bond acceptors (Lipinski definition) is 4. The van der Waals surface area contributed by atoms with E-state index in [9.17, 15) is 13.6 Å². The Kier molecular flexibility index (Phi) is 3.24. The van der Waals surface area contributed by atoms with Crippen molar-refractivity contribution in [3.05, 3.63) is 16.9 Å². The molecule has 0 fully saturated rings. The lowest BCUT2D eigenvalue weighted by Gasteiger charge is -2.41. The van der Waals surface area contributed by atoms with E-state index in [4.69, 9.17) is 4.18 Å².